The van der Waals surface area contributed by atoms with Gasteiger partial charge in [-0.3, -0.25) is 52.7 Å². The van der Waals surface area contributed by atoms with Crippen LogP contribution < -0.4 is 39.7 Å². The van der Waals surface area contributed by atoms with Crippen LogP contribution in [0.4, 0.5) is 0 Å². The Morgan fingerprint density at radius 3 is 0.644 bits per heavy atom. The summed E-state index contributed by atoms with van der Waals surface area (Å²) in [6.07, 6.45) is 5.23. The third-order valence-electron chi connectivity index (χ3n) is 21.6. The second-order valence-electron chi connectivity index (χ2n) is 30.0. The zero-order valence-corrected chi connectivity index (χ0v) is 70.1. The maximum absolute atomic E-state index is 15.9. The highest BCUT2D eigenvalue weighted by Gasteiger charge is 2.38. The molecule has 0 aromatic heterocycles. The number of carbonyl (C=O) groups is 11. The van der Waals surface area contributed by atoms with Gasteiger partial charge in [0, 0.05) is 26.2 Å². The molecule has 0 aliphatic heterocycles. The molecule has 0 unspecified atom stereocenters. The topological polar surface area (TPSA) is 388 Å². The summed E-state index contributed by atoms with van der Waals surface area (Å²) in [5.41, 5.74) is 39.5. The van der Waals surface area contributed by atoms with Gasteiger partial charge in [0.15, 0.2) is 0 Å². The third kappa shape index (κ3) is 30.9. The number of amides is 11. The molecule has 28 heteroatoms. The van der Waals surface area contributed by atoms with Crippen LogP contribution in [0.25, 0.3) is 0 Å². The van der Waals surface area contributed by atoms with E-state index in [-0.39, 0.29) is 58.3 Å². The molecule has 0 spiro atoms. The number of nitrogens with two attached hydrogens (primary N) is 6. The number of carbonyl (C=O) groups excluding carboxylic acids is 11. The van der Waals surface area contributed by atoms with Crippen LogP contribution in [0.2, 0.25) is 0 Å². The van der Waals surface area contributed by atoms with Gasteiger partial charge in [-0.25, -0.2) is 0 Å². The van der Waals surface area contributed by atoms with Crippen molar-refractivity contribution in [3.05, 3.63) is 215 Å². The number of nitrogens with zero attached hydrogens (tertiary/aromatic N) is 10. The molecule has 0 aliphatic carbocycles. The average molecular weight is 1630 g/mol. The molecule has 6 rings (SSSR count). The Balaban J connectivity index is 1.36. The summed E-state index contributed by atoms with van der Waals surface area (Å²) in [4.78, 5) is 179. The van der Waals surface area contributed by atoms with Gasteiger partial charge in [-0.2, -0.15) is 0 Å². The Hall–Kier alpha value is -10.8. The van der Waals surface area contributed by atoms with E-state index in [2.05, 4.69) is 5.32 Å². The summed E-state index contributed by atoms with van der Waals surface area (Å²) in [5.74, 6) is -6.49. The summed E-state index contributed by atoms with van der Waals surface area (Å²) in [7, 11) is 0. The molecule has 13 N–H and O–H groups in total. The molecule has 0 heterocycles. The van der Waals surface area contributed by atoms with Crippen LogP contribution in [0.1, 0.15) is 175 Å². The zero-order valence-electron chi connectivity index (χ0n) is 70.1. The Bertz CT molecular complexity index is 4050. The summed E-state index contributed by atoms with van der Waals surface area (Å²) in [6.45, 7) is 8.03. The van der Waals surface area contributed by atoms with Gasteiger partial charge < -0.3 is 88.7 Å². The van der Waals surface area contributed by atoms with Gasteiger partial charge in [-0.1, -0.05) is 182 Å². The maximum atomic E-state index is 15.9. The molecule has 28 nitrogen and oxygen atoms in total. The third-order valence-corrected chi connectivity index (χ3v) is 21.6. The van der Waals surface area contributed by atoms with Crippen molar-refractivity contribution < 1.29 is 52.7 Å². The Morgan fingerprint density at radius 1 is 0.246 bits per heavy atom. The molecule has 0 saturated carbocycles. The molecular weight excluding hydrogens is 1500 g/mol. The van der Waals surface area contributed by atoms with Crippen molar-refractivity contribution in [2.45, 2.75) is 142 Å². The predicted molar refractivity (Wildman–Crippen MR) is 459 cm³/mol. The van der Waals surface area contributed by atoms with Crippen LogP contribution in [0, 0.1) is 0 Å². The SMILES string of the molecule is C[C@@H](c1ccccc1)N(CC(N)=O)C(=O)CN(CCCCN)C(=O)CN(C(=O)CN(C(=O)CN(CCCCN)C(=O)CN(C(=O)CN(C(=O)CN(CCCCN)C(=O)CN(C(=O)CN(CCCCN)C(=O)CNCCCCN)[C@@H](C)c1ccccc1)[C@@H](C)c1ccccc1)[C@@H](C)c1ccccc1)[C@@H](C)c1ccccc1)[C@@H](C)c1ccccc1. The highest BCUT2D eigenvalue weighted by Crippen LogP contribution is 2.29. The lowest BCUT2D eigenvalue weighted by Gasteiger charge is -2.37. The standard InChI is InChI=1S/C90H129N17O11/c1-68(74-35-13-7-14-36-74)102(58-80(96)108)85(113)60-99(54-32-27-49-93)83(111)64-104(70(3)76-39-17-9-18-40-76)89(117)66-107(73(6)79-45-23-12-24-46-79)88(116)62-101(56-34-29-51-95)84(112)65-105(71(4)77-41-19-10-20-42-77)90(118)67-106(72(5)78-43-21-11-22-44-78)87(115)61-100(55-33-28-50-94)82(110)63-103(69(2)75-37-15-8-16-38-75)86(114)59-98(53-31-26-48-92)81(109)57-97-52-30-25-47-91/h7-24,35-46,68-73,97H,25-34,47-67,91-95H2,1-6H3,(H2,96,108)/t68-,69-,70-,71-,72-,73-/m0/s1. The average Bonchev–Trinajstić information content (AvgIpc) is 0.822. The lowest BCUT2D eigenvalue weighted by atomic mass is 10.0. The number of rotatable bonds is 54. The van der Waals surface area contributed by atoms with Gasteiger partial charge >= 0.3 is 0 Å². The van der Waals surface area contributed by atoms with Gasteiger partial charge in [-0.15, -0.1) is 0 Å². The number of hydrogen-bond acceptors (Lipinski definition) is 17. The summed E-state index contributed by atoms with van der Waals surface area (Å²) in [6, 6.07) is 49.9. The van der Waals surface area contributed by atoms with Crippen molar-refractivity contribution in [2.75, 3.05) is 137 Å². The molecule has 0 radical (unpaired) electrons. The first-order valence-corrected chi connectivity index (χ1v) is 41.5. The minimum Gasteiger partial charge on any atom is -0.368 e. The van der Waals surface area contributed by atoms with Crippen LogP contribution in [-0.4, -0.2) is 251 Å². The Labute approximate surface area is 697 Å². The Kier molecular flexibility index (Phi) is 42.5. The van der Waals surface area contributed by atoms with Crippen molar-refractivity contribution >= 4 is 65.0 Å². The number of hydrogen-bond donors (Lipinski definition) is 7. The molecule has 6 aromatic carbocycles. The lowest BCUT2D eigenvalue weighted by Crippen LogP contribution is -2.53. The van der Waals surface area contributed by atoms with E-state index in [4.69, 9.17) is 34.4 Å². The van der Waals surface area contributed by atoms with Crippen molar-refractivity contribution in [3.8, 4) is 0 Å². The van der Waals surface area contributed by atoms with E-state index in [1.807, 2.05) is 133 Å². The predicted octanol–water partition coefficient (Wildman–Crippen LogP) is 6.61. The highest BCUT2D eigenvalue weighted by atomic mass is 16.2. The van der Waals surface area contributed by atoms with Crippen LogP contribution in [0.3, 0.4) is 0 Å². The first-order chi connectivity index (χ1) is 56.9. The summed E-state index contributed by atoms with van der Waals surface area (Å²) in [5, 5.41) is 3.17. The molecule has 640 valence electrons. The second kappa shape index (κ2) is 52.1. The van der Waals surface area contributed by atoms with Gasteiger partial charge in [0.05, 0.1) is 75.5 Å². The highest BCUT2D eigenvalue weighted by molar-refractivity contribution is 5.95. The fourth-order valence-electron chi connectivity index (χ4n) is 14.2. The summed E-state index contributed by atoms with van der Waals surface area (Å²) < 4.78 is 0. The van der Waals surface area contributed by atoms with E-state index in [0.29, 0.717) is 99.8 Å². The van der Waals surface area contributed by atoms with E-state index >= 15 is 33.6 Å². The molecule has 0 bridgehead atoms. The van der Waals surface area contributed by atoms with Crippen molar-refractivity contribution in [1.29, 1.82) is 0 Å². The fraction of sp³-hybridized carbons (Fsp3) is 0.478. The van der Waals surface area contributed by atoms with E-state index in [1.165, 1.54) is 49.0 Å². The molecule has 6 atom stereocenters. The summed E-state index contributed by atoms with van der Waals surface area (Å²) >= 11 is 0. The minimum absolute atomic E-state index is 0.00809. The number of benzene rings is 6. The van der Waals surface area contributed by atoms with Gasteiger partial charge in [-0.05, 0) is 178 Å². The van der Waals surface area contributed by atoms with Crippen LogP contribution in [0.15, 0.2) is 182 Å². The van der Waals surface area contributed by atoms with E-state index in [0.717, 1.165) is 24.0 Å². The zero-order chi connectivity index (χ0) is 85.9. The maximum Gasteiger partial charge on any atom is 0.243 e. The first kappa shape index (κ1) is 96.1. The number of unbranched alkanes of at least 4 members (excludes halogenated alkanes) is 5. The van der Waals surface area contributed by atoms with E-state index < -0.39 is 154 Å². The van der Waals surface area contributed by atoms with Crippen LogP contribution >= 0.6 is 0 Å². The quantitative estimate of drug-likeness (QED) is 0.0197. The monoisotopic (exact) mass is 1620 g/mol. The molecule has 118 heavy (non-hydrogen) atoms. The lowest BCUT2D eigenvalue weighted by molar-refractivity contribution is -0.151. The molecular formula is C90H129N17O11. The van der Waals surface area contributed by atoms with Crippen LogP contribution in [-0.2, 0) is 52.7 Å². The van der Waals surface area contributed by atoms with Crippen molar-refractivity contribution in [3.63, 3.8) is 0 Å². The smallest absolute Gasteiger partial charge is 0.243 e. The fourth-order valence-corrected chi connectivity index (χ4v) is 14.2. The van der Waals surface area contributed by atoms with Gasteiger partial charge in [0.25, 0.3) is 0 Å². The molecule has 0 saturated heterocycles. The Morgan fingerprint density at radius 2 is 0.432 bits per heavy atom. The number of primary amides is 1. The molecule has 6 aromatic rings. The van der Waals surface area contributed by atoms with Crippen LogP contribution in [0.5, 0.6) is 0 Å². The largest absolute Gasteiger partial charge is 0.368 e. The van der Waals surface area contributed by atoms with Crippen molar-refractivity contribution in [2.24, 2.45) is 34.4 Å². The normalized spacial score (nSPS) is 12.6. The van der Waals surface area contributed by atoms with Crippen molar-refractivity contribution in [1.82, 2.24) is 54.3 Å². The first-order valence-electron chi connectivity index (χ1n) is 41.5. The van der Waals surface area contributed by atoms with Gasteiger partial charge in [0.2, 0.25) is 65.0 Å². The van der Waals surface area contributed by atoms with E-state index in [9.17, 15) is 19.2 Å². The van der Waals surface area contributed by atoms with E-state index in [1.54, 1.807) is 90.1 Å². The molecule has 0 fully saturated rings. The van der Waals surface area contributed by atoms with Gasteiger partial charge in [0.1, 0.15) is 32.7 Å². The molecule has 0 aliphatic rings. The minimum atomic E-state index is -0.827. The molecule has 11 amide bonds. The number of nitrogens with one attached hydrogen (secondary N) is 1. The second-order valence-corrected chi connectivity index (χ2v) is 30.0.